The van der Waals surface area contributed by atoms with Crippen LogP contribution in [0, 0.1) is 0 Å². The lowest BCUT2D eigenvalue weighted by atomic mass is 10.3. The molecule has 0 radical (unpaired) electrons. The highest BCUT2D eigenvalue weighted by molar-refractivity contribution is 6.34. The lowest BCUT2D eigenvalue weighted by Gasteiger charge is -2.07. The Labute approximate surface area is 96.9 Å². The molecule has 0 bridgehead atoms. The van der Waals surface area contributed by atoms with Gasteiger partial charge in [-0.15, -0.1) is 0 Å². The Morgan fingerprint density at radius 2 is 2.07 bits per heavy atom. The normalized spacial score (nSPS) is 10.6. The molecule has 0 saturated heterocycles. The van der Waals surface area contributed by atoms with Gasteiger partial charge < -0.3 is 5.11 Å². The summed E-state index contributed by atoms with van der Waals surface area (Å²) in [6, 6.07) is 6.82. The van der Waals surface area contributed by atoms with Gasteiger partial charge in [0.25, 0.3) is 0 Å². The molecule has 1 N–H and O–H groups in total. The standard InChI is InChI=1S/C10H8Cl2N2O/c11-7-1-2-9(12)10(5-7)14-8(6-15)3-4-13-14/h1-5,15H,6H2. The number of aromatic nitrogens is 2. The van der Waals surface area contributed by atoms with Gasteiger partial charge in [-0.05, 0) is 24.3 Å². The molecule has 0 amide bonds. The molecular weight excluding hydrogens is 235 g/mol. The van der Waals surface area contributed by atoms with Crippen molar-refractivity contribution in [3.05, 3.63) is 46.2 Å². The number of rotatable bonds is 2. The summed E-state index contributed by atoms with van der Waals surface area (Å²) in [7, 11) is 0. The summed E-state index contributed by atoms with van der Waals surface area (Å²) in [5, 5.41) is 14.3. The van der Waals surface area contributed by atoms with Gasteiger partial charge in [-0.1, -0.05) is 23.2 Å². The van der Waals surface area contributed by atoms with Crippen LogP contribution in [0.15, 0.2) is 30.5 Å². The fourth-order valence-corrected chi connectivity index (χ4v) is 1.68. The molecule has 3 nitrogen and oxygen atoms in total. The molecule has 1 aromatic carbocycles. The van der Waals surface area contributed by atoms with Gasteiger partial charge in [0.15, 0.2) is 0 Å². The molecule has 0 fully saturated rings. The Kier molecular flexibility index (Phi) is 2.95. The quantitative estimate of drug-likeness (QED) is 0.880. The number of halogens is 2. The minimum absolute atomic E-state index is 0.0944. The molecule has 1 heterocycles. The van der Waals surface area contributed by atoms with E-state index >= 15 is 0 Å². The van der Waals surface area contributed by atoms with Crippen LogP contribution in [0.25, 0.3) is 5.69 Å². The van der Waals surface area contributed by atoms with Crippen LogP contribution >= 0.6 is 23.2 Å². The first-order chi connectivity index (χ1) is 7.22. The van der Waals surface area contributed by atoms with Crippen molar-refractivity contribution in [3.8, 4) is 5.69 Å². The molecule has 0 aliphatic rings. The SMILES string of the molecule is OCc1ccnn1-c1cc(Cl)ccc1Cl. The first kappa shape index (κ1) is 10.5. The van der Waals surface area contributed by atoms with Crippen molar-refractivity contribution in [1.82, 2.24) is 9.78 Å². The van der Waals surface area contributed by atoms with E-state index in [0.717, 1.165) is 0 Å². The van der Waals surface area contributed by atoms with E-state index in [4.69, 9.17) is 28.3 Å². The van der Waals surface area contributed by atoms with Gasteiger partial charge in [0.05, 0.1) is 23.0 Å². The van der Waals surface area contributed by atoms with Crippen LogP contribution < -0.4 is 0 Å². The summed E-state index contributed by atoms with van der Waals surface area (Å²) < 4.78 is 1.56. The van der Waals surface area contributed by atoms with Gasteiger partial charge in [-0.25, -0.2) is 4.68 Å². The average molecular weight is 243 g/mol. The molecule has 0 aliphatic heterocycles. The summed E-state index contributed by atoms with van der Waals surface area (Å²) in [6.07, 6.45) is 1.60. The van der Waals surface area contributed by atoms with Crippen LogP contribution in [-0.2, 0) is 6.61 Å². The van der Waals surface area contributed by atoms with Crippen molar-refractivity contribution in [2.24, 2.45) is 0 Å². The Morgan fingerprint density at radius 1 is 1.27 bits per heavy atom. The number of nitrogens with zero attached hydrogens (tertiary/aromatic N) is 2. The summed E-state index contributed by atoms with van der Waals surface area (Å²) in [4.78, 5) is 0. The minimum atomic E-state index is -0.0944. The first-order valence-electron chi connectivity index (χ1n) is 4.31. The minimum Gasteiger partial charge on any atom is -0.390 e. The third-order valence-corrected chi connectivity index (χ3v) is 2.57. The molecule has 0 aliphatic carbocycles. The highest BCUT2D eigenvalue weighted by atomic mass is 35.5. The molecule has 0 atom stereocenters. The van der Waals surface area contributed by atoms with E-state index < -0.39 is 0 Å². The van der Waals surface area contributed by atoms with Crippen LogP contribution in [0.3, 0.4) is 0 Å². The van der Waals surface area contributed by atoms with E-state index in [1.165, 1.54) is 0 Å². The molecule has 0 saturated carbocycles. The van der Waals surface area contributed by atoms with Crippen molar-refractivity contribution in [1.29, 1.82) is 0 Å². The lowest BCUT2D eigenvalue weighted by molar-refractivity contribution is 0.273. The highest BCUT2D eigenvalue weighted by Gasteiger charge is 2.08. The van der Waals surface area contributed by atoms with Gasteiger partial charge in [-0.3, -0.25) is 0 Å². The summed E-state index contributed by atoms with van der Waals surface area (Å²) in [6.45, 7) is -0.0944. The maximum atomic E-state index is 9.09. The summed E-state index contributed by atoms with van der Waals surface area (Å²) in [5.41, 5.74) is 1.33. The molecule has 2 rings (SSSR count). The molecular formula is C10H8Cl2N2O. The Hall–Kier alpha value is -1.03. The van der Waals surface area contributed by atoms with Crippen molar-refractivity contribution in [2.45, 2.75) is 6.61 Å². The lowest BCUT2D eigenvalue weighted by Crippen LogP contribution is -2.02. The zero-order valence-corrected chi connectivity index (χ0v) is 9.20. The largest absolute Gasteiger partial charge is 0.390 e. The van der Waals surface area contributed by atoms with Gasteiger partial charge in [0.2, 0.25) is 0 Å². The fourth-order valence-electron chi connectivity index (χ4n) is 1.32. The van der Waals surface area contributed by atoms with Gasteiger partial charge in [0.1, 0.15) is 0 Å². The van der Waals surface area contributed by atoms with E-state index in [1.54, 1.807) is 35.1 Å². The van der Waals surface area contributed by atoms with Crippen LogP contribution in [0.5, 0.6) is 0 Å². The number of hydrogen-bond donors (Lipinski definition) is 1. The predicted octanol–water partition coefficient (Wildman–Crippen LogP) is 2.67. The number of hydrogen-bond acceptors (Lipinski definition) is 2. The highest BCUT2D eigenvalue weighted by Crippen LogP contribution is 2.24. The van der Waals surface area contributed by atoms with Crippen molar-refractivity contribution >= 4 is 23.2 Å². The topological polar surface area (TPSA) is 38.1 Å². The van der Waals surface area contributed by atoms with Crippen LogP contribution in [-0.4, -0.2) is 14.9 Å². The van der Waals surface area contributed by atoms with Gasteiger partial charge in [0, 0.05) is 11.2 Å². The monoisotopic (exact) mass is 242 g/mol. The third-order valence-electron chi connectivity index (χ3n) is 2.02. The number of aliphatic hydroxyl groups excluding tert-OH is 1. The summed E-state index contributed by atoms with van der Waals surface area (Å²) >= 11 is 11.9. The Bertz CT molecular complexity index is 482. The average Bonchev–Trinajstić information content (AvgIpc) is 2.69. The Morgan fingerprint density at radius 3 is 2.80 bits per heavy atom. The summed E-state index contributed by atoms with van der Waals surface area (Å²) in [5.74, 6) is 0. The fraction of sp³-hybridized carbons (Fsp3) is 0.100. The first-order valence-corrected chi connectivity index (χ1v) is 5.07. The Balaban J connectivity index is 2.58. The molecule has 5 heteroatoms. The van der Waals surface area contributed by atoms with Crippen molar-refractivity contribution < 1.29 is 5.11 Å². The number of benzene rings is 1. The zero-order valence-electron chi connectivity index (χ0n) is 7.69. The second-order valence-electron chi connectivity index (χ2n) is 2.99. The smallest absolute Gasteiger partial charge is 0.0854 e. The third kappa shape index (κ3) is 2.00. The molecule has 0 spiro atoms. The van der Waals surface area contributed by atoms with E-state index in [1.807, 2.05) is 0 Å². The van der Waals surface area contributed by atoms with Gasteiger partial charge in [-0.2, -0.15) is 5.10 Å². The van der Waals surface area contributed by atoms with E-state index in [9.17, 15) is 0 Å². The maximum absolute atomic E-state index is 9.09. The van der Waals surface area contributed by atoms with E-state index in [-0.39, 0.29) is 6.61 Å². The van der Waals surface area contributed by atoms with Crippen molar-refractivity contribution in [2.75, 3.05) is 0 Å². The second-order valence-corrected chi connectivity index (χ2v) is 3.83. The molecule has 0 unspecified atom stereocenters. The van der Waals surface area contributed by atoms with Crippen LogP contribution in [0.2, 0.25) is 10.0 Å². The van der Waals surface area contributed by atoms with Crippen molar-refractivity contribution in [3.63, 3.8) is 0 Å². The molecule has 15 heavy (non-hydrogen) atoms. The maximum Gasteiger partial charge on any atom is 0.0854 e. The molecule has 2 aromatic rings. The number of aliphatic hydroxyl groups is 1. The zero-order chi connectivity index (χ0) is 10.8. The van der Waals surface area contributed by atoms with Gasteiger partial charge >= 0.3 is 0 Å². The second kappa shape index (κ2) is 4.23. The predicted molar refractivity (Wildman–Crippen MR) is 59.5 cm³/mol. The van der Waals surface area contributed by atoms with E-state index in [0.29, 0.717) is 21.4 Å². The molecule has 78 valence electrons. The van der Waals surface area contributed by atoms with Crippen LogP contribution in [0.4, 0.5) is 0 Å². The van der Waals surface area contributed by atoms with E-state index in [2.05, 4.69) is 5.10 Å². The van der Waals surface area contributed by atoms with Crippen LogP contribution in [0.1, 0.15) is 5.69 Å². The molecule has 1 aromatic heterocycles.